The van der Waals surface area contributed by atoms with Crippen molar-refractivity contribution in [3.05, 3.63) is 0 Å². The maximum atomic E-state index is 10.3. The first kappa shape index (κ1) is 8.94. The summed E-state index contributed by atoms with van der Waals surface area (Å²) in [5.41, 5.74) is 5.30. The van der Waals surface area contributed by atoms with Crippen LogP contribution in [0.3, 0.4) is 0 Å². The van der Waals surface area contributed by atoms with Gasteiger partial charge in [0.15, 0.2) is 5.12 Å². The first-order valence-electron chi connectivity index (χ1n) is 2.66. The Bertz CT molecular complexity index is 97.0. The predicted molar refractivity (Wildman–Crippen MR) is 38.2 cm³/mol. The molecular weight excluding hydrogens is 138 g/mol. The number of carbonyl (C=O) groups is 1. The third-order valence-corrected chi connectivity index (χ3v) is 1.74. The maximum absolute atomic E-state index is 10.3. The number of hydrogen-bond acceptors (Lipinski definition) is 4. The molecule has 1 unspecified atom stereocenters. The standard InChI is InChI=1S/C5H11NO2S/c1-4(8)9-3-5(6)2-7/h5,7H,2-3,6H2,1H3. The summed E-state index contributed by atoms with van der Waals surface area (Å²) in [6.07, 6.45) is 0. The minimum atomic E-state index is -0.265. The number of rotatable bonds is 3. The summed E-state index contributed by atoms with van der Waals surface area (Å²) in [4.78, 5) is 10.3. The minimum absolute atomic E-state index is 0.0406. The van der Waals surface area contributed by atoms with Crippen LogP contribution in [-0.2, 0) is 4.79 Å². The Hall–Kier alpha value is -0.0600. The SMILES string of the molecule is CC(=O)SCC(N)CO. The molecule has 0 heterocycles. The minimum Gasteiger partial charge on any atom is -0.395 e. The summed E-state index contributed by atoms with van der Waals surface area (Å²) in [7, 11) is 0. The highest BCUT2D eigenvalue weighted by Crippen LogP contribution is 2.01. The molecule has 0 aliphatic rings. The van der Waals surface area contributed by atoms with E-state index < -0.39 is 0 Å². The molecule has 3 nitrogen and oxygen atoms in total. The van der Waals surface area contributed by atoms with Gasteiger partial charge in [0.25, 0.3) is 0 Å². The average Bonchev–Trinajstić information content (AvgIpc) is 1.83. The van der Waals surface area contributed by atoms with E-state index in [1.165, 1.54) is 6.92 Å². The van der Waals surface area contributed by atoms with E-state index in [4.69, 9.17) is 10.8 Å². The van der Waals surface area contributed by atoms with Gasteiger partial charge in [0.2, 0.25) is 0 Å². The van der Waals surface area contributed by atoms with Crippen LogP contribution in [-0.4, -0.2) is 28.6 Å². The van der Waals surface area contributed by atoms with Crippen molar-refractivity contribution >= 4 is 16.9 Å². The second kappa shape index (κ2) is 4.78. The van der Waals surface area contributed by atoms with Gasteiger partial charge in [0.1, 0.15) is 0 Å². The molecule has 0 aliphatic heterocycles. The van der Waals surface area contributed by atoms with Gasteiger partial charge in [-0.25, -0.2) is 0 Å². The van der Waals surface area contributed by atoms with Crippen molar-refractivity contribution in [3.63, 3.8) is 0 Å². The molecule has 54 valence electrons. The normalized spacial score (nSPS) is 13.2. The summed E-state index contributed by atoms with van der Waals surface area (Å²) in [5.74, 6) is 0.506. The molecule has 9 heavy (non-hydrogen) atoms. The maximum Gasteiger partial charge on any atom is 0.185 e. The molecule has 3 N–H and O–H groups in total. The Balaban J connectivity index is 3.16. The highest BCUT2D eigenvalue weighted by atomic mass is 32.2. The Labute approximate surface area is 58.6 Å². The lowest BCUT2D eigenvalue weighted by Gasteiger charge is -2.03. The molecule has 0 rings (SSSR count). The van der Waals surface area contributed by atoms with E-state index in [-0.39, 0.29) is 17.8 Å². The van der Waals surface area contributed by atoms with Crippen molar-refractivity contribution < 1.29 is 9.90 Å². The molecule has 0 saturated heterocycles. The van der Waals surface area contributed by atoms with Gasteiger partial charge in [-0.05, 0) is 0 Å². The highest BCUT2D eigenvalue weighted by molar-refractivity contribution is 8.13. The number of nitrogens with two attached hydrogens (primary N) is 1. The quantitative estimate of drug-likeness (QED) is 0.572. The largest absolute Gasteiger partial charge is 0.395 e. The molecular formula is C5H11NO2S. The molecule has 0 spiro atoms. The zero-order chi connectivity index (χ0) is 7.28. The van der Waals surface area contributed by atoms with Crippen molar-refractivity contribution in [2.24, 2.45) is 5.73 Å². The lowest BCUT2D eigenvalue weighted by Crippen LogP contribution is -2.27. The lowest BCUT2D eigenvalue weighted by atomic mass is 10.4. The Kier molecular flexibility index (Phi) is 4.75. The molecule has 1 atom stereocenters. The Morgan fingerprint density at radius 3 is 2.78 bits per heavy atom. The summed E-state index contributed by atoms with van der Waals surface area (Å²) in [6, 6.07) is -0.265. The van der Waals surface area contributed by atoms with E-state index in [0.29, 0.717) is 5.75 Å². The molecule has 0 saturated carbocycles. The molecule has 0 aromatic rings. The van der Waals surface area contributed by atoms with E-state index in [2.05, 4.69) is 0 Å². The molecule has 4 heteroatoms. The van der Waals surface area contributed by atoms with Crippen molar-refractivity contribution in [2.75, 3.05) is 12.4 Å². The van der Waals surface area contributed by atoms with Crippen LogP contribution in [0.15, 0.2) is 0 Å². The van der Waals surface area contributed by atoms with Crippen LogP contribution in [0.25, 0.3) is 0 Å². The smallest absolute Gasteiger partial charge is 0.185 e. The van der Waals surface area contributed by atoms with Gasteiger partial charge >= 0.3 is 0 Å². The second-order valence-corrected chi connectivity index (χ2v) is 2.94. The van der Waals surface area contributed by atoms with Crippen molar-refractivity contribution in [1.29, 1.82) is 0 Å². The fourth-order valence-electron chi connectivity index (χ4n) is 0.277. The summed E-state index contributed by atoms with van der Waals surface area (Å²) in [6.45, 7) is 1.43. The number of thioether (sulfide) groups is 1. The molecule has 0 aromatic heterocycles. The summed E-state index contributed by atoms with van der Waals surface area (Å²) >= 11 is 1.14. The first-order valence-corrected chi connectivity index (χ1v) is 3.65. The molecule has 0 aromatic carbocycles. The molecule has 0 fully saturated rings. The van der Waals surface area contributed by atoms with Crippen LogP contribution in [0.4, 0.5) is 0 Å². The zero-order valence-electron chi connectivity index (χ0n) is 5.33. The topological polar surface area (TPSA) is 63.3 Å². The van der Waals surface area contributed by atoms with Gasteiger partial charge in [-0.1, -0.05) is 11.8 Å². The van der Waals surface area contributed by atoms with Crippen LogP contribution >= 0.6 is 11.8 Å². The van der Waals surface area contributed by atoms with Gasteiger partial charge in [-0.15, -0.1) is 0 Å². The summed E-state index contributed by atoms with van der Waals surface area (Å²) in [5, 5.41) is 8.44. The highest BCUT2D eigenvalue weighted by Gasteiger charge is 2.01. The summed E-state index contributed by atoms with van der Waals surface area (Å²) < 4.78 is 0. The number of aliphatic hydroxyl groups is 1. The molecule has 0 amide bonds. The monoisotopic (exact) mass is 149 g/mol. The van der Waals surface area contributed by atoms with E-state index in [9.17, 15) is 4.79 Å². The Morgan fingerprint density at radius 1 is 1.89 bits per heavy atom. The second-order valence-electron chi connectivity index (χ2n) is 1.75. The molecule has 0 aliphatic carbocycles. The van der Waals surface area contributed by atoms with Crippen molar-refractivity contribution in [3.8, 4) is 0 Å². The predicted octanol–water partition coefficient (Wildman–Crippen LogP) is -0.414. The van der Waals surface area contributed by atoms with Crippen LogP contribution in [0.5, 0.6) is 0 Å². The van der Waals surface area contributed by atoms with Gasteiger partial charge in [-0.2, -0.15) is 0 Å². The number of carbonyl (C=O) groups excluding carboxylic acids is 1. The molecule has 0 bridgehead atoms. The Morgan fingerprint density at radius 2 is 2.44 bits per heavy atom. The van der Waals surface area contributed by atoms with Crippen LogP contribution < -0.4 is 5.73 Å². The lowest BCUT2D eigenvalue weighted by molar-refractivity contribution is -0.109. The van der Waals surface area contributed by atoms with E-state index >= 15 is 0 Å². The average molecular weight is 149 g/mol. The van der Waals surface area contributed by atoms with E-state index in [1.54, 1.807) is 0 Å². The number of hydrogen-bond donors (Lipinski definition) is 2. The van der Waals surface area contributed by atoms with Crippen molar-refractivity contribution in [2.45, 2.75) is 13.0 Å². The first-order chi connectivity index (χ1) is 4.16. The van der Waals surface area contributed by atoms with Gasteiger partial charge in [-0.3, -0.25) is 4.79 Å². The van der Waals surface area contributed by atoms with Crippen LogP contribution in [0, 0.1) is 0 Å². The zero-order valence-corrected chi connectivity index (χ0v) is 6.15. The number of aliphatic hydroxyl groups excluding tert-OH is 1. The van der Waals surface area contributed by atoms with Crippen molar-refractivity contribution in [1.82, 2.24) is 0 Å². The van der Waals surface area contributed by atoms with Gasteiger partial charge in [0.05, 0.1) is 6.61 Å². The van der Waals surface area contributed by atoms with Crippen LogP contribution in [0.1, 0.15) is 6.92 Å². The molecule has 0 radical (unpaired) electrons. The van der Waals surface area contributed by atoms with Crippen LogP contribution in [0.2, 0.25) is 0 Å². The van der Waals surface area contributed by atoms with Gasteiger partial charge < -0.3 is 10.8 Å². The fraction of sp³-hybridized carbons (Fsp3) is 0.800. The van der Waals surface area contributed by atoms with Gasteiger partial charge in [0, 0.05) is 18.7 Å². The fourth-order valence-corrected chi connectivity index (χ4v) is 0.831. The third-order valence-electron chi connectivity index (χ3n) is 0.735. The van der Waals surface area contributed by atoms with E-state index in [1.807, 2.05) is 0 Å². The van der Waals surface area contributed by atoms with E-state index in [0.717, 1.165) is 11.8 Å². The third kappa shape index (κ3) is 5.82.